The van der Waals surface area contributed by atoms with Crippen molar-refractivity contribution in [3.05, 3.63) is 18.5 Å². The van der Waals surface area contributed by atoms with Gasteiger partial charge in [0.05, 0.1) is 5.75 Å². The minimum absolute atomic E-state index is 0.113. The molecule has 0 bridgehead atoms. The number of aryl methyl sites for hydroxylation is 2. The van der Waals surface area contributed by atoms with E-state index in [0.29, 0.717) is 30.3 Å². The summed E-state index contributed by atoms with van der Waals surface area (Å²) in [7, 11) is 0.427. The number of sulfonamides is 1. The third-order valence-electron chi connectivity index (χ3n) is 3.99. The number of nitrogens with zero attached hydrogens (tertiary/aromatic N) is 5. The second-order valence-electron chi connectivity index (χ2n) is 5.77. The van der Waals surface area contributed by atoms with Gasteiger partial charge in [0, 0.05) is 52.1 Å². The number of aromatic nitrogens is 4. The molecule has 1 fully saturated rings. The Morgan fingerprint density at radius 2 is 2.17 bits per heavy atom. The van der Waals surface area contributed by atoms with Gasteiger partial charge in [-0.25, -0.2) is 17.7 Å². The van der Waals surface area contributed by atoms with Crippen LogP contribution in [0.4, 0.5) is 5.82 Å². The van der Waals surface area contributed by atoms with E-state index in [-0.39, 0.29) is 24.6 Å². The molecule has 0 aromatic carbocycles. The molecule has 3 rings (SSSR count). The first kappa shape index (κ1) is 16.7. The van der Waals surface area contributed by atoms with Gasteiger partial charge in [0.1, 0.15) is 11.5 Å². The average Bonchev–Trinajstić information content (AvgIpc) is 3.17. The van der Waals surface area contributed by atoms with Crippen molar-refractivity contribution in [2.24, 2.45) is 14.1 Å². The molecule has 3 heterocycles. The zero-order chi connectivity index (χ0) is 17.3. The van der Waals surface area contributed by atoms with Crippen LogP contribution in [-0.2, 0) is 28.9 Å². The van der Waals surface area contributed by atoms with E-state index < -0.39 is 10.0 Å². The first-order valence-electron chi connectivity index (χ1n) is 7.66. The molecule has 0 unspecified atom stereocenters. The summed E-state index contributed by atoms with van der Waals surface area (Å²) in [5.41, 5.74) is 0.655. The molecule has 0 spiro atoms. The van der Waals surface area contributed by atoms with Crippen LogP contribution in [0, 0.1) is 0 Å². The molecule has 9 nitrogen and oxygen atoms in total. The molecule has 1 N–H and O–H groups in total. The number of anilines is 1. The zero-order valence-corrected chi connectivity index (χ0v) is 14.5. The van der Waals surface area contributed by atoms with Gasteiger partial charge < -0.3 is 9.88 Å². The van der Waals surface area contributed by atoms with E-state index in [2.05, 4.69) is 15.4 Å². The molecule has 1 amide bonds. The topological polar surface area (TPSA) is 102 Å². The Morgan fingerprint density at radius 1 is 1.38 bits per heavy atom. The van der Waals surface area contributed by atoms with Gasteiger partial charge in [0.2, 0.25) is 15.9 Å². The van der Waals surface area contributed by atoms with E-state index in [1.165, 1.54) is 4.31 Å². The minimum Gasteiger partial charge on any atom is -0.333 e. The molecule has 0 atom stereocenters. The molecular formula is C14H20N6O3S. The van der Waals surface area contributed by atoms with Crippen molar-refractivity contribution < 1.29 is 13.2 Å². The molecule has 1 saturated heterocycles. The van der Waals surface area contributed by atoms with Crippen LogP contribution >= 0.6 is 0 Å². The summed E-state index contributed by atoms with van der Waals surface area (Å²) in [5.74, 6) is 1.17. The van der Waals surface area contributed by atoms with E-state index >= 15 is 0 Å². The summed E-state index contributed by atoms with van der Waals surface area (Å²) in [6.45, 7) is 0.697. The van der Waals surface area contributed by atoms with Gasteiger partial charge in [0.15, 0.2) is 5.82 Å². The van der Waals surface area contributed by atoms with Gasteiger partial charge in [-0.2, -0.15) is 5.10 Å². The maximum Gasteiger partial charge on any atom is 0.226 e. The summed E-state index contributed by atoms with van der Waals surface area (Å²) < 4.78 is 28.2. The molecule has 130 valence electrons. The van der Waals surface area contributed by atoms with E-state index in [0.717, 1.165) is 0 Å². The van der Waals surface area contributed by atoms with Crippen molar-refractivity contribution in [3.8, 4) is 11.5 Å². The Kier molecular flexibility index (Phi) is 4.41. The molecule has 2 aromatic rings. The molecular weight excluding hydrogens is 332 g/mol. The average molecular weight is 352 g/mol. The van der Waals surface area contributed by atoms with Crippen LogP contribution in [0.3, 0.4) is 0 Å². The number of hydrogen-bond acceptors (Lipinski definition) is 5. The number of nitrogens with one attached hydrogen (secondary N) is 1. The van der Waals surface area contributed by atoms with Gasteiger partial charge in [-0.1, -0.05) is 0 Å². The first-order chi connectivity index (χ1) is 11.4. The van der Waals surface area contributed by atoms with E-state index in [9.17, 15) is 13.2 Å². The fourth-order valence-electron chi connectivity index (χ4n) is 2.68. The lowest BCUT2D eigenvalue weighted by Crippen LogP contribution is -2.29. The van der Waals surface area contributed by atoms with Gasteiger partial charge in [-0.05, 0) is 6.42 Å². The van der Waals surface area contributed by atoms with Crippen LogP contribution in [0.15, 0.2) is 18.5 Å². The standard InChI is InChI=1S/C14H20N6O3S/c1-18-8-5-15-14(18)11-10-12(19(2)17-11)16-13(21)4-7-20-6-3-9-24(20,22)23/h5,8,10H,3-4,6-7,9H2,1-2H3,(H,16,21). The van der Waals surface area contributed by atoms with Crippen molar-refractivity contribution in [1.82, 2.24) is 23.6 Å². The van der Waals surface area contributed by atoms with Crippen molar-refractivity contribution >= 4 is 21.7 Å². The number of imidazole rings is 1. The highest BCUT2D eigenvalue weighted by molar-refractivity contribution is 7.89. The predicted octanol–water partition coefficient (Wildman–Crippen LogP) is 0.185. The molecule has 24 heavy (non-hydrogen) atoms. The molecule has 2 aromatic heterocycles. The second-order valence-corrected chi connectivity index (χ2v) is 7.86. The third-order valence-corrected chi connectivity index (χ3v) is 5.95. The Morgan fingerprint density at radius 3 is 2.79 bits per heavy atom. The maximum absolute atomic E-state index is 12.1. The highest BCUT2D eigenvalue weighted by Crippen LogP contribution is 2.19. The lowest BCUT2D eigenvalue weighted by Gasteiger charge is -2.13. The largest absolute Gasteiger partial charge is 0.333 e. The molecule has 0 radical (unpaired) electrons. The lowest BCUT2D eigenvalue weighted by atomic mass is 10.3. The monoisotopic (exact) mass is 352 g/mol. The van der Waals surface area contributed by atoms with Crippen LogP contribution in [0.1, 0.15) is 12.8 Å². The maximum atomic E-state index is 12.1. The zero-order valence-electron chi connectivity index (χ0n) is 13.6. The second kappa shape index (κ2) is 6.36. The van der Waals surface area contributed by atoms with E-state index in [4.69, 9.17) is 0 Å². The molecule has 1 aliphatic rings. The molecule has 0 aliphatic carbocycles. The number of carbonyl (C=O) groups is 1. The minimum atomic E-state index is -3.17. The summed E-state index contributed by atoms with van der Waals surface area (Å²) in [6, 6.07) is 1.74. The molecule has 0 saturated carbocycles. The Balaban J connectivity index is 1.63. The van der Waals surface area contributed by atoms with E-state index in [1.807, 2.05) is 17.8 Å². The Hall–Kier alpha value is -2.20. The van der Waals surface area contributed by atoms with Crippen molar-refractivity contribution in [3.63, 3.8) is 0 Å². The summed E-state index contributed by atoms with van der Waals surface area (Å²) in [5, 5.41) is 7.11. The lowest BCUT2D eigenvalue weighted by molar-refractivity contribution is -0.116. The van der Waals surface area contributed by atoms with Crippen LogP contribution < -0.4 is 5.32 Å². The fraction of sp³-hybridized carbons (Fsp3) is 0.500. The van der Waals surface area contributed by atoms with Crippen molar-refractivity contribution in [2.45, 2.75) is 12.8 Å². The predicted molar refractivity (Wildman–Crippen MR) is 88.6 cm³/mol. The first-order valence-corrected chi connectivity index (χ1v) is 9.27. The molecule has 10 heteroatoms. The summed E-state index contributed by atoms with van der Waals surface area (Å²) >= 11 is 0. The quantitative estimate of drug-likeness (QED) is 0.827. The smallest absolute Gasteiger partial charge is 0.226 e. The van der Waals surface area contributed by atoms with E-state index in [1.54, 1.807) is 24.0 Å². The normalized spacial score (nSPS) is 17.2. The number of amides is 1. The number of carbonyl (C=O) groups excluding carboxylic acids is 1. The van der Waals surface area contributed by atoms with Crippen molar-refractivity contribution in [1.29, 1.82) is 0 Å². The van der Waals surface area contributed by atoms with Crippen LogP contribution in [-0.4, -0.2) is 56.8 Å². The van der Waals surface area contributed by atoms with Gasteiger partial charge in [0.25, 0.3) is 0 Å². The van der Waals surface area contributed by atoms with Gasteiger partial charge >= 0.3 is 0 Å². The molecule has 1 aliphatic heterocycles. The fourth-order valence-corrected chi connectivity index (χ4v) is 4.21. The SMILES string of the molecule is Cn1ccnc1-c1cc(NC(=O)CCN2CCCS2(=O)=O)n(C)n1. The van der Waals surface area contributed by atoms with Crippen LogP contribution in [0.5, 0.6) is 0 Å². The van der Waals surface area contributed by atoms with Crippen molar-refractivity contribution in [2.75, 3.05) is 24.2 Å². The Bertz CT molecular complexity index is 854. The highest BCUT2D eigenvalue weighted by Gasteiger charge is 2.28. The summed E-state index contributed by atoms with van der Waals surface area (Å²) in [4.78, 5) is 16.3. The third kappa shape index (κ3) is 3.34. The summed E-state index contributed by atoms with van der Waals surface area (Å²) in [6.07, 6.45) is 4.23. The van der Waals surface area contributed by atoms with Crippen LogP contribution in [0.25, 0.3) is 11.5 Å². The van der Waals surface area contributed by atoms with Crippen LogP contribution in [0.2, 0.25) is 0 Å². The Labute approximate surface area is 140 Å². The van der Waals surface area contributed by atoms with Gasteiger partial charge in [-0.3, -0.25) is 9.48 Å². The number of rotatable bonds is 5. The highest BCUT2D eigenvalue weighted by atomic mass is 32.2. The van der Waals surface area contributed by atoms with Gasteiger partial charge in [-0.15, -0.1) is 0 Å². The number of hydrogen-bond donors (Lipinski definition) is 1.